The average Bonchev–Trinajstić information content (AvgIpc) is 3.13. The Bertz CT molecular complexity index is 1260. The zero-order chi connectivity index (χ0) is 27.2. The molecule has 11 heteroatoms. The van der Waals surface area contributed by atoms with Crippen molar-refractivity contribution in [2.24, 2.45) is 5.73 Å². The first-order chi connectivity index (χ1) is 18.3. The minimum absolute atomic E-state index is 0.0683. The van der Waals surface area contributed by atoms with Crippen molar-refractivity contribution in [3.05, 3.63) is 59.2 Å². The van der Waals surface area contributed by atoms with Gasteiger partial charge in [-0.15, -0.1) is 0 Å². The van der Waals surface area contributed by atoms with Crippen LogP contribution in [0.4, 0.5) is 5.69 Å². The number of nitrogens with one attached hydrogen (secondary N) is 3. The molecule has 2 aliphatic rings. The normalized spacial score (nSPS) is 17.7. The van der Waals surface area contributed by atoms with Gasteiger partial charge in [0.2, 0.25) is 17.7 Å². The molecule has 200 valence electrons. The number of piperidine rings is 1. The van der Waals surface area contributed by atoms with Gasteiger partial charge in [-0.25, -0.2) is 0 Å². The van der Waals surface area contributed by atoms with Crippen LogP contribution in [0.1, 0.15) is 58.4 Å². The fourth-order valence-electron chi connectivity index (χ4n) is 4.68. The van der Waals surface area contributed by atoms with E-state index < -0.39 is 35.7 Å². The lowest BCUT2D eigenvalue weighted by atomic mass is 10.0. The second kappa shape index (κ2) is 11.9. The SMILES string of the molecule is N[C@@H](Cc1cccc(O)c1)C(=O)NCCCCCNc1cccc2c1C(=O)N(C1CCC(=O)NC1=O)C2=O. The zero-order valence-electron chi connectivity index (χ0n) is 20.9. The van der Waals surface area contributed by atoms with Crippen LogP contribution in [0, 0.1) is 0 Å². The second-order valence-electron chi connectivity index (χ2n) is 9.43. The van der Waals surface area contributed by atoms with E-state index in [4.69, 9.17) is 5.73 Å². The van der Waals surface area contributed by atoms with Crippen LogP contribution in [0.5, 0.6) is 5.75 Å². The van der Waals surface area contributed by atoms with Crippen molar-refractivity contribution in [2.75, 3.05) is 18.4 Å². The molecular formula is C27H31N5O6. The second-order valence-corrected chi connectivity index (χ2v) is 9.43. The average molecular weight is 522 g/mol. The molecule has 1 unspecified atom stereocenters. The molecule has 0 spiro atoms. The van der Waals surface area contributed by atoms with Crippen LogP contribution < -0.4 is 21.7 Å². The van der Waals surface area contributed by atoms with Gasteiger partial charge < -0.3 is 21.5 Å². The lowest BCUT2D eigenvalue weighted by Crippen LogP contribution is -2.54. The maximum atomic E-state index is 13.1. The molecule has 0 aromatic heterocycles. The van der Waals surface area contributed by atoms with Crippen LogP contribution in [-0.4, -0.2) is 64.7 Å². The van der Waals surface area contributed by atoms with Gasteiger partial charge >= 0.3 is 0 Å². The van der Waals surface area contributed by atoms with Gasteiger partial charge in [0.25, 0.3) is 11.8 Å². The van der Waals surface area contributed by atoms with E-state index >= 15 is 0 Å². The fourth-order valence-corrected chi connectivity index (χ4v) is 4.68. The zero-order valence-corrected chi connectivity index (χ0v) is 20.9. The summed E-state index contributed by atoms with van der Waals surface area (Å²) >= 11 is 0. The lowest BCUT2D eigenvalue weighted by molar-refractivity contribution is -0.136. The summed E-state index contributed by atoms with van der Waals surface area (Å²) in [5.41, 5.74) is 7.73. The number of amides is 5. The summed E-state index contributed by atoms with van der Waals surface area (Å²) in [7, 11) is 0. The van der Waals surface area contributed by atoms with E-state index in [-0.39, 0.29) is 35.6 Å². The van der Waals surface area contributed by atoms with Crippen molar-refractivity contribution in [3.63, 3.8) is 0 Å². The number of nitrogens with two attached hydrogens (primary N) is 1. The number of nitrogens with zero attached hydrogens (tertiary/aromatic N) is 1. The third kappa shape index (κ3) is 6.00. The molecule has 0 aliphatic carbocycles. The molecule has 38 heavy (non-hydrogen) atoms. The van der Waals surface area contributed by atoms with Crippen LogP contribution >= 0.6 is 0 Å². The van der Waals surface area contributed by atoms with Gasteiger partial charge in [-0.1, -0.05) is 18.2 Å². The van der Waals surface area contributed by atoms with E-state index in [9.17, 15) is 29.1 Å². The summed E-state index contributed by atoms with van der Waals surface area (Å²) < 4.78 is 0. The highest BCUT2D eigenvalue weighted by atomic mass is 16.3. The number of aromatic hydroxyl groups is 1. The lowest BCUT2D eigenvalue weighted by Gasteiger charge is -2.27. The molecule has 11 nitrogen and oxygen atoms in total. The van der Waals surface area contributed by atoms with E-state index in [1.807, 2.05) is 0 Å². The molecule has 2 aliphatic heterocycles. The molecule has 2 aromatic carbocycles. The van der Waals surface area contributed by atoms with Gasteiger partial charge in [0.05, 0.1) is 17.2 Å². The van der Waals surface area contributed by atoms with Crippen LogP contribution in [0.25, 0.3) is 0 Å². The Morgan fingerprint density at radius 3 is 2.58 bits per heavy atom. The summed E-state index contributed by atoms with van der Waals surface area (Å²) in [6.07, 6.45) is 2.80. The van der Waals surface area contributed by atoms with Gasteiger partial charge in [-0.2, -0.15) is 0 Å². The number of rotatable bonds is 11. The number of carbonyl (C=O) groups is 5. The standard InChI is InChI=1S/C27H31N5O6/c28-19(15-16-6-4-7-17(33)14-16)24(35)30-13-3-1-2-12-29-20-9-5-8-18-23(20)27(38)32(26(18)37)21-10-11-22(34)31-25(21)36/h4-9,14,19,21,29,33H,1-3,10-13,15,28H2,(H,30,35)(H,31,34,36)/t19-,21?/m0/s1. The summed E-state index contributed by atoms with van der Waals surface area (Å²) in [5, 5.41) is 17.8. The topological polar surface area (TPSA) is 171 Å². The first kappa shape index (κ1) is 26.8. The highest BCUT2D eigenvalue weighted by Crippen LogP contribution is 2.32. The van der Waals surface area contributed by atoms with Gasteiger partial charge in [-0.3, -0.25) is 34.2 Å². The van der Waals surface area contributed by atoms with E-state index in [1.54, 1.807) is 42.5 Å². The molecule has 5 amide bonds. The monoisotopic (exact) mass is 521 g/mol. The number of imide groups is 2. The number of fused-ring (bicyclic) bond motifs is 1. The molecular weight excluding hydrogens is 490 g/mol. The smallest absolute Gasteiger partial charge is 0.264 e. The van der Waals surface area contributed by atoms with E-state index in [0.29, 0.717) is 25.2 Å². The molecule has 1 saturated heterocycles. The highest BCUT2D eigenvalue weighted by molar-refractivity contribution is 6.25. The Morgan fingerprint density at radius 2 is 1.82 bits per heavy atom. The van der Waals surface area contributed by atoms with Crippen LogP contribution in [0.3, 0.4) is 0 Å². The molecule has 2 heterocycles. The third-order valence-corrected chi connectivity index (χ3v) is 6.64. The predicted octanol–water partition coefficient (Wildman–Crippen LogP) is 1.06. The number of hydrogen-bond donors (Lipinski definition) is 5. The Morgan fingerprint density at radius 1 is 1.05 bits per heavy atom. The molecule has 2 atom stereocenters. The minimum Gasteiger partial charge on any atom is -0.508 e. The number of phenols is 1. The minimum atomic E-state index is -1.00. The largest absolute Gasteiger partial charge is 0.508 e. The summed E-state index contributed by atoms with van der Waals surface area (Å²) in [4.78, 5) is 62.9. The summed E-state index contributed by atoms with van der Waals surface area (Å²) in [6, 6.07) is 9.88. The Kier molecular flexibility index (Phi) is 8.37. The summed E-state index contributed by atoms with van der Waals surface area (Å²) in [6.45, 7) is 1.02. The van der Waals surface area contributed by atoms with E-state index in [0.717, 1.165) is 29.7 Å². The highest BCUT2D eigenvalue weighted by Gasteiger charge is 2.45. The quantitative estimate of drug-likeness (QED) is 0.216. The number of phenolic OH excluding ortho intramolecular Hbond substituents is 1. The number of carbonyl (C=O) groups excluding carboxylic acids is 5. The van der Waals surface area contributed by atoms with E-state index in [2.05, 4.69) is 16.0 Å². The Hall–Kier alpha value is -4.25. The predicted molar refractivity (Wildman–Crippen MR) is 138 cm³/mol. The molecule has 2 aromatic rings. The maximum absolute atomic E-state index is 13.1. The summed E-state index contributed by atoms with van der Waals surface area (Å²) in [5.74, 6) is -2.27. The van der Waals surface area contributed by atoms with Crippen molar-refractivity contribution in [2.45, 2.75) is 50.6 Å². The van der Waals surface area contributed by atoms with Crippen LogP contribution in [-0.2, 0) is 20.8 Å². The van der Waals surface area contributed by atoms with Crippen LogP contribution in [0.2, 0.25) is 0 Å². The maximum Gasteiger partial charge on any atom is 0.264 e. The molecule has 0 saturated carbocycles. The number of benzene rings is 2. The number of anilines is 1. The van der Waals surface area contributed by atoms with Gasteiger partial charge in [0, 0.05) is 25.2 Å². The van der Waals surface area contributed by atoms with Crippen molar-refractivity contribution in [1.82, 2.24) is 15.5 Å². The number of unbranched alkanes of at least 4 members (excludes halogenated alkanes) is 2. The van der Waals surface area contributed by atoms with E-state index in [1.165, 1.54) is 0 Å². The Labute approximate surface area is 219 Å². The van der Waals surface area contributed by atoms with Crippen molar-refractivity contribution < 1.29 is 29.1 Å². The number of hydrogen-bond acceptors (Lipinski definition) is 8. The van der Waals surface area contributed by atoms with Gasteiger partial charge in [-0.05, 0) is 61.9 Å². The first-order valence-corrected chi connectivity index (χ1v) is 12.7. The van der Waals surface area contributed by atoms with Crippen molar-refractivity contribution in [1.29, 1.82) is 0 Å². The fraction of sp³-hybridized carbons (Fsp3) is 0.370. The van der Waals surface area contributed by atoms with Crippen molar-refractivity contribution in [3.8, 4) is 5.75 Å². The molecule has 0 bridgehead atoms. The van der Waals surface area contributed by atoms with Crippen LogP contribution in [0.15, 0.2) is 42.5 Å². The Balaban J connectivity index is 1.21. The van der Waals surface area contributed by atoms with Gasteiger partial charge in [0.1, 0.15) is 11.8 Å². The molecule has 6 N–H and O–H groups in total. The first-order valence-electron chi connectivity index (χ1n) is 12.7. The third-order valence-electron chi connectivity index (χ3n) is 6.64. The molecule has 4 rings (SSSR count). The molecule has 0 radical (unpaired) electrons. The van der Waals surface area contributed by atoms with Gasteiger partial charge in [0.15, 0.2) is 0 Å². The molecule has 1 fully saturated rings. The van der Waals surface area contributed by atoms with Crippen molar-refractivity contribution >= 4 is 35.2 Å².